The van der Waals surface area contributed by atoms with Gasteiger partial charge in [-0.05, 0) is 12.1 Å². The SMILES string of the molecule is C=CCOC(=O)c1c(Cl)c(Oc2ccccc2)c(Cl)c(Cl)c1C#N. The van der Waals surface area contributed by atoms with Crippen molar-refractivity contribution in [2.45, 2.75) is 0 Å². The van der Waals surface area contributed by atoms with E-state index in [2.05, 4.69) is 6.58 Å². The highest BCUT2D eigenvalue weighted by molar-refractivity contribution is 6.46. The van der Waals surface area contributed by atoms with Gasteiger partial charge in [-0.25, -0.2) is 4.79 Å². The Labute approximate surface area is 153 Å². The number of ether oxygens (including phenoxy) is 2. The maximum Gasteiger partial charge on any atom is 0.341 e. The summed E-state index contributed by atoms with van der Waals surface area (Å²) in [4.78, 5) is 12.2. The molecule has 0 amide bonds. The Morgan fingerprint density at radius 1 is 1.17 bits per heavy atom. The molecule has 0 radical (unpaired) electrons. The van der Waals surface area contributed by atoms with Crippen LogP contribution in [0, 0.1) is 11.3 Å². The topological polar surface area (TPSA) is 59.3 Å². The number of hydrogen-bond donors (Lipinski definition) is 0. The van der Waals surface area contributed by atoms with E-state index in [0.29, 0.717) is 5.75 Å². The third-order valence-corrected chi connectivity index (χ3v) is 4.09. The highest BCUT2D eigenvalue weighted by Gasteiger charge is 2.28. The largest absolute Gasteiger partial charge is 0.458 e. The Hall–Kier alpha value is -2.19. The average molecular weight is 383 g/mol. The minimum absolute atomic E-state index is 0.0286. The molecule has 7 heteroatoms. The Morgan fingerprint density at radius 3 is 2.42 bits per heavy atom. The number of esters is 1. The maximum absolute atomic E-state index is 12.2. The van der Waals surface area contributed by atoms with Crippen molar-refractivity contribution in [3.05, 3.63) is 69.2 Å². The first-order valence-electron chi connectivity index (χ1n) is 6.62. The lowest BCUT2D eigenvalue weighted by molar-refractivity contribution is 0.0549. The van der Waals surface area contributed by atoms with Gasteiger partial charge in [0.25, 0.3) is 0 Å². The molecule has 0 atom stereocenters. The normalized spacial score (nSPS) is 9.92. The van der Waals surface area contributed by atoms with Gasteiger partial charge in [-0.15, -0.1) is 0 Å². The minimum Gasteiger partial charge on any atom is -0.458 e. The molecule has 2 aromatic rings. The van der Waals surface area contributed by atoms with E-state index in [1.807, 2.05) is 6.07 Å². The Kier molecular flexibility index (Phi) is 6.10. The molecular formula is C17H10Cl3NO3. The summed E-state index contributed by atoms with van der Waals surface area (Å²) in [5, 5.41) is 8.92. The number of hydrogen-bond acceptors (Lipinski definition) is 4. The van der Waals surface area contributed by atoms with Crippen LogP contribution in [0.25, 0.3) is 0 Å². The third kappa shape index (κ3) is 3.65. The molecule has 2 rings (SSSR count). The van der Waals surface area contributed by atoms with Gasteiger partial charge < -0.3 is 9.47 Å². The number of nitriles is 1. The van der Waals surface area contributed by atoms with Crippen LogP contribution < -0.4 is 4.74 Å². The lowest BCUT2D eigenvalue weighted by Gasteiger charge is -2.15. The zero-order valence-electron chi connectivity index (χ0n) is 12.2. The molecule has 0 unspecified atom stereocenters. The summed E-state index contributed by atoms with van der Waals surface area (Å²) in [6.45, 7) is 3.40. The van der Waals surface area contributed by atoms with Crippen LogP contribution in [0.2, 0.25) is 15.1 Å². The predicted octanol–water partition coefficient (Wildman–Crippen LogP) is 5.65. The van der Waals surface area contributed by atoms with Crippen molar-refractivity contribution in [2.75, 3.05) is 6.61 Å². The van der Waals surface area contributed by atoms with Gasteiger partial charge in [-0.1, -0.05) is 65.7 Å². The van der Waals surface area contributed by atoms with Crippen molar-refractivity contribution in [2.24, 2.45) is 0 Å². The van der Waals surface area contributed by atoms with Crippen molar-refractivity contribution in [1.82, 2.24) is 0 Å². The lowest BCUT2D eigenvalue weighted by atomic mass is 10.1. The fraction of sp³-hybridized carbons (Fsp3) is 0.0588. The number of halogens is 3. The summed E-state index contributed by atoms with van der Waals surface area (Å²) in [5.74, 6) is -0.417. The Bertz CT molecular complexity index is 829. The lowest BCUT2D eigenvalue weighted by Crippen LogP contribution is -2.10. The summed E-state index contributed by atoms with van der Waals surface area (Å²) >= 11 is 18.5. The molecule has 0 bridgehead atoms. The van der Waals surface area contributed by atoms with E-state index >= 15 is 0 Å². The zero-order valence-corrected chi connectivity index (χ0v) is 14.5. The molecule has 0 heterocycles. The molecule has 0 aliphatic rings. The van der Waals surface area contributed by atoms with Gasteiger partial charge in [0.2, 0.25) is 0 Å². The van der Waals surface area contributed by atoms with Crippen molar-refractivity contribution >= 4 is 40.8 Å². The van der Waals surface area contributed by atoms with Gasteiger partial charge in [0.15, 0.2) is 5.75 Å². The van der Waals surface area contributed by atoms with Crippen LogP contribution in [0.15, 0.2) is 43.0 Å². The van der Waals surface area contributed by atoms with Crippen LogP contribution >= 0.6 is 34.8 Å². The van der Waals surface area contributed by atoms with Crippen LogP contribution in [0.5, 0.6) is 11.5 Å². The van der Waals surface area contributed by atoms with E-state index in [-0.39, 0.29) is 38.6 Å². The van der Waals surface area contributed by atoms with Crippen LogP contribution in [0.1, 0.15) is 15.9 Å². The van der Waals surface area contributed by atoms with E-state index in [4.69, 9.17) is 44.3 Å². The summed E-state index contributed by atoms with van der Waals surface area (Å²) in [6, 6.07) is 10.5. The smallest absolute Gasteiger partial charge is 0.341 e. The molecular weight excluding hydrogens is 373 g/mol. The van der Waals surface area contributed by atoms with E-state index in [1.54, 1.807) is 30.3 Å². The standard InChI is InChI=1S/C17H10Cl3NO3/c1-2-8-23-17(22)12-11(9-21)13(18)15(20)16(14(12)19)24-10-6-4-3-5-7-10/h2-7H,1,8H2. The van der Waals surface area contributed by atoms with Crippen LogP contribution in [0.4, 0.5) is 0 Å². The molecule has 0 aliphatic heterocycles. The Balaban J connectivity index is 2.60. The summed E-state index contributed by atoms with van der Waals surface area (Å²) in [7, 11) is 0. The van der Waals surface area contributed by atoms with E-state index < -0.39 is 5.97 Å². The molecule has 0 spiro atoms. The second kappa shape index (κ2) is 8.07. The van der Waals surface area contributed by atoms with E-state index in [0.717, 1.165) is 0 Å². The van der Waals surface area contributed by atoms with Crippen molar-refractivity contribution < 1.29 is 14.3 Å². The van der Waals surface area contributed by atoms with Gasteiger partial charge >= 0.3 is 5.97 Å². The van der Waals surface area contributed by atoms with Gasteiger partial charge in [0.1, 0.15) is 34.0 Å². The zero-order chi connectivity index (χ0) is 17.7. The monoisotopic (exact) mass is 381 g/mol. The molecule has 0 fully saturated rings. The second-order valence-electron chi connectivity index (χ2n) is 4.44. The van der Waals surface area contributed by atoms with E-state index in [1.165, 1.54) is 6.08 Å². The first kappa shape index (κ1) is 18.2. The first-order chi connectivity index (χ1) is 11.5. The van der Waals surface area contributed by atoms with Gasteiger partial charge in [-0.3, -0.25) is 0 Å². The van der Waals surface area contributed by atoms with Gasteiger partial charge in [0.05, 0.1) is 10.6 Å². The molecule has 4 nitrogen and oxygen atoms in total. The van der Waals surface area contributed by atoms with Gasteiger partial charge in [-0.2, -0.15) is 5.26 Å². The summed E-state index contributed by atoms with van der Waals surface area (Å²) in [6.07, 6.45) is 1.39. The molecule has 2 aromatic carbocycles. The number of carbonyl (C=O) groups is 1. The summed E-state index contributed by atoms with van der Waals surface area (Å²) in [5.41, 5.74) is -0.387. The fourth-order valence-corrected chi connectivity index (χ4v) is 2.64. The predicted molar refractivity (Wildman–Crippen MR) is 93.2 cm³/mol. The molecule has 24 heavy (non-hydrogen) atoms. The highest BCUT2D eigenvalue weighted by atomic mass is 35.5. The molecule has 0 aromatic heterocycles. The maximum atomic E-state index is 12.2. The average Bonchev–Trinajstić information content (AvgIpc) is 2.60. The van der Waals surface area contributed by atoms with Crippen molar-refractivity contribution in [3.63, 3.8) is 0 Å². The molecule has 122 valence electrons. The minimum atomic E-state index is -0.826. The van der Waals surface area contributed by atoms with Crippen molar-refractivity contribution in [3.8, 4) is 17.6 Å². The van der Waals surface area contributed by atoms with Crippen LogP contribution in [0.3, 0.4) is 0 Å². The molecule has 0 aliphatic carbocycles. The van der Waals surface area contributed by atoms with E-state index in [9.17, 15) is 10.1 Å². The number of nitrogens with zero attached hydrogens (tertiary/aromatic N) is 1. The molecule has 0 saturated carbocycles. The van der Waals surface area contributed by atoms with Crippen LogP contribution in [-0.2, 0) is 4.74 Å². The van der Waals surface area contributed by atoms with Crippen molar-refractivity contribution in [1.29, 1.82) is 5.26 Å². The second-order valence-corrected chi connectivity index (χ2v) is 5.57. The molecule has 0 saturated heterocycles. The van der Waals surface area contributed by atoms with Gasteiger partial charge in [0, 0.05) is 0 Å². The first-order valence-corrected chi connectivity index (χ1v) is 7.76. The third-order valence-electron chi connectivity index (χ3n) is 2.89. The molecule has 0 N–H and O–H groups in total. The number of carbonyl (C=O) groups excluding carboxylic acids is 1. The fourth-order valence-electron chi connectivity index (χ4n) is 1.84. The van der Waals surface area contributed by atoms with Crippen LogP contribution in [-0.4, -0.2) is 12.6 Å². The highest BCUT2D eigenvalue weighted by Crippen LogP contribution is 2.45. The number of rotatable bonds is 5. The Morgan fingerprint density at radius 2 is 1.83 bits per heavy atom. The summed E-state index contributed by atoms with van der Waals surface area (Å²) < 4.78 is 10.6. The quantitative estimate of drug-likeness (QED) is 0.381. The number of para-hydroxylation sites is 1. The number of benzene rings is 2.